The Hall–Kier alpha value is -1.99. The van der Waals surface area contributed by atoms with Gasteiger partial charge in [0.05, 0.1) is 31.4 Å². The fraction of sp³-hybridized carbons (Fsp3) is 0.533. The fourth-order valence-electron chi connectivity index (χ4n) is 2.80. The Morgan fingerprint density at radius 3 is 2.82 bits per heavy atom. The summed E-state index contributed by atoms with van der Waals surface area (Å²) in [6.07, 6.45) is 0.329. The molecule has 1 fully saturated rings. The number of aliphatic hydroxyl groups excluding tert-OH is 1. The van der Waals surface area contributed by atoms with Crippen LogP contribution in [0, 0.1) is 0 Å². The average Bonchev–Trinajstić information content (AvgIpc) is 3.16. The van der Waals surface area contributed by atoms with Gasteiger partial charge in [-0.05, 0) is 29.3 Å². The Balaban J connectivity index is 1.76. The molecule has 22 heavy (non-hydrogen) atoms. The smallest absolute Gasteiger partial charge is 0.245 e. The van der Waals surface area contributed by atoms with Gasteiger partial charge in [-0.1, -0.05) is 35.4 Å². The molecule has 0 radical (unpaired) electrons. The molecule has 7 heteroatoms. The highest BCUT2D eigenvalue weighted by atomic mass is 16.5. The number of ether oxygens (including phenoxy) is 1. The second kappa shape index (κ2) is 6.41. The van der Waals surface area contributed by atoms with Crippen molar-refractivity contribution in [3.05, 3.63) is 35.9 Å². The molecule has 0 spiro atoms. The van der Waals surface area contributed by atoms with Crippen molar-refractivity contribution in [2.45, 2.75) is 31.5 Å². The Kier molecular flexibility index (Phi) is 4.35. The first-order chi connectivity index (χ1) is 10.7. The molecule has 3 atom stereocenters. The van der Waals surface area contributed by atoms with E-state index >= 15 is 0 Å². The molecule has 2 heterocycles. The number of aliphatic hydroxyl groups is 1. The molecule has 7 nitrogen and oxygen atoms in total. The van der Waals surface area contributed by atoms with Gasteiger partial charge in [0.1, 0.15) is 0 Å². The zero-order valence-electron chi connectivity index (χ0n) is 12.8. The third kappa shape index (κ3) is 2.95. The molecule has 1 saturated heterocycles. The van der Waals surface area contributed by atoms with Crippen molar-refractivity contribution in [3.8, 4) is 0 Å². The number of tetrazole rings is 1. The van der Waals surface area contributed by atoms with E-state index in [0.717, 1.165) is 6.42 Å². The summed E-state index contributed by atoms with van der Waals surface area (Å²) in [5.74, 6) is 0.651. The molecule has 118 valence electrons. The molecule has 1 aromatic heterocycles. The van der Waals surface area contributed by atoms with Gasteiger partial charge < -0.3 is 14.7 Å². The molecule has 1 aliphatic heterocycles. The van der Waals surface area contributed by atoms with Crippen LogP contribution >= 0.6 is 0 Å². The predicted octanol–water partition coefficient (Wildman–Crippen LogP) is 0.673. The summed E-state index contributed by atoms with van der Waals surface area (Å²) >= 11 is 0. The van der Waals surface area contributed by atoms with Crippen LogP contribution < -0.4 is 4.90 Å². The Bertz CT molecular complexity index is 603. The minimum absolute atomic E-state index is 0.117. The largest absolute Gasteiger partial charge is 0.388 e. The third-order valence-electron chi connectivity index (χ3n) is 4.10. The van der Waals surface area contributed by atoms with Crippen LogP contribution in [0.25, 0.3) is 0 Å². The topological polar surface area (TPSA) is 76.3 Å². The molecule has 0 amide bonds. The van der Waals surface area contributed by atoms with Gasteiger partial charge in [-0.3, -0.25) is 0 Å². The highest BCUT2D eigenvalue weighted by molar-refractivity contribution is 5.31. The molecule has 2 aromatic rings. The molecular weight excluding hydrogens is 282 g/mol. The first kappa shape index (κ1) is 14.9. The van der Waals surface area contributed by atoms with Crippen LogP contribution in [0.5, 0.6) is 0 Å². The minimum Gasteiger partial charge on any atom is -0.388 e. The van der Waals surface area contributed by atoms with Crippen LogP contribution in [-0.4, -0.2) is 57.7 Å². The maximum absolute atomic E-state index is 9.98. The van der Waals surface area contributed by atoms with E-state index in [1.807, 2.05) is 30.1 Å². The minimum atomic E-state index is -0.514. The van der Waals surface area contributed by atoms with E-state index in [9.17, 15) is 5.11 Å². The Morgan fingerprint density at radius 2 is 2.14 bits per heavy atom. The fourth-order valence-corrected chi connectivity index (χ4v) is 2.80. The quantitative estimate of drug-likeness (QED) is 0.875. The molecule has 1 aliphatic rings. The number of anilines is 1. The van der Waals surface area contributed by atoms with Gasteiger partial charge in [-0.15, -0.1) is 0 Å². The van der Waals surface area contributed by atoms with Gasteiger partial charge in [0, 0.05) is 7.05 Å². The molecule has 1 unspecified atom stereocenters. The molecule has 1 aromatic carbocycles. The van der Waals surface area contributed by atoms with Crippen molar-refractivity contribution < 1.29 is 9.84 Å². The van der Waals surface area contributed by atoms with E-state index in [-0.39, 0.29) is 12.1 Å². The number of rotatable bonds is 5. The number of hydrogen-bond acceptors (Lipinski definition) is 6. The number of hydrogen-bond donors (Lipinski definition) is 1. The first-order valence-corrected chi connectivity index (χ1v) is 7.47. The maximum atomic E-state index is 9.98. The van der Waals surface area contributed by atoms with Crippen LogP contribution in [0.2, 0.25) is 0 Å². The highest BCUT2D eigenvalue weighted by Gasteiger charge is 2.32. The van der Waals surface area contributed by atoms with Gasteiger partial charge in [0.2, 0.25) is 5.95 Å². The van der Waals surface area contributed by atoms with Crippen molar-refractivity contribution in [3.63, 3.8) is 0 Å². The molecular formula is C15H21N5O2. The van der Waals surface area contributed by atoms with Crippen molar-refractivity contribution >= 4 is 5.95 Å². The summed E-state index contributed by atoms with van der Waals surface area (Å²) in [6, 6.07) is 10.3. The Labute approximate surface area is 129 Å². The van der Waals surface area contributed by atoms with E-state index in [1.54, 1.807) is 4.68 Å². The van der Waals surface area contributed by atoms with E-state index < -0.39 is 6.10 Å². The van der Waals surface area contributed by atoms with Crippen molar-refractivity contribution in [2.75, 3.05) is 25.2 Å². The maximum Gasteiger partial charge on any atom is 0.245 e. The lowest BCUT2D eigenvalue weighted by Crippen LogP contribution is -2.42. The first-order valence-electron chi connectivity index (χ1n) is 7.47. The van der Waals surface area contributed by atoms with E-state index in [2.05, 4.69) is 34.6 Å². The number of likely N-dealkylation sites (N-methyl/N-ethyl adjacent to an activating group) is 1. The summed E-state index contributed by atoms with van der Waals surface area (Å²) in [5.41, 5.74) is 1.24. The molecule has 3 rings (SSSR count). The van der Waals surface area contributed by atoms with Crippen molar-refractivity contribution in [1.29, 1.82) is 0 Å². The monoisotopic (exact) mass is 303 g/mol. The summed E-state index contributed by atoms with van der Waals surface area (Å²) in [4.78, 5) is 1.90. The van der Waals surface area contributed by atoms with Gasteiger partial charge in [-0.2, -0.15) is 0 Å². The lowest BCUT2D eigenvalue weighted by molar-refractivity contribution is 0.124. The molecule has 0 aliphatic carbocycles. The summed E-state index contributed by atoms with van der Waals surface area (Å²) < 4.78 is 7.12. The van der Waals surface area contributed by atoms with Crippen LogP contribution in [0.1, 0.15) is 18.5 Å². The van der Waals surface area contributed by atoms with Gasteiger partial charge in [0.15, 0.2) is 0 Å². The second-order valence-electron chi connectivity index (χ2n) is 5.75. The average molecular weight is 303 g/mol. The zero-order valence-corrected chi connectivity index (χ0v) is 12.8. The van der Waals surface area contributed by atoms with Crippen molar-refractivity contribution in [2.24, 2.45) is 0 Å². The number of aromatic nitrogens is 4. The Morgan fingerprint density at radius 1 is 1.36 bits per heavy atom. The lowest BCUT2D eigenvalue weighted by Gasteiger charge is -2.27. The summed E-state index contributed by atoms with van der Waals surface area (Å²) in [7, 11) is 1.89. The zero-order chi connectivity index (χ0) is 15.5. The van der Waals surface area contributed by atoms with Gasteiger partial charge in [-0.25, -0.2) is 4.68 Å². The molecule has 1 N–H and O–H groups in total. The lowest BCUT2D eigenvalue weighted by atomic mass is 10.1. The van der Waals surface area contributed by atoms with E-state index in [1.165, 1.54) is 5.56 Å². The van der Waals surface area contributed by atoms with Crippen molar-refractivity contribution in [1.82, 2.24) is 20.2 Å². The van der Waals surface area contributed by atoms with Gasteiger partial charge in [0.25, 0.3) is 0 Å². The second-order valence-corrected chi connectivity index (χ2v) is 5.75. The van der Waals surface area contributed by atoms with Crippen LogP contribution in [0.4, 0.5) is 5.95 Å². The van der Waals surface area contributed by atoms with Crippen LogP contribution in [0.15, 0.2) is 30.3 Å². The number of benzene rings is 1. The normalized spacial score (nSPS) is 22.7. The van der Waals surface area contributed by atoms with Crippen LogP contribution in [0.3, 0.4) is 0 Å². The van der Waals surface area contributed by atoms with Gasteiger partial charge >= 0.3 is 0 Å². The SMILES string of the molecule is CC(Cc1ccccc1)n1nnnc1N(C)[C@@H]1COC[C@H]1O. The van der Waals surface area contributed by atoms with E-state index in [0.29, 0.717) is 19.2 Å². The number of nitrogens with zero attached hydrogens (tertiary/aromatic N) is 5. The predicted molar refractivity (Wildman–Crippen MR) is 81.7 cm³/mol. The third-order valence-corrected chi connectivity index (χ3v) is 4.10. The highest BCUT2D eigenvalue weighted by Crippen LogP contribution is 2.22. The molecule has 0 saturated carbocycles. The summed E-state index contributed by atoms with van der Waals surface area (Å²) in [6.45, 7) is 2.93. The molecule has 0 bridgehead atoms. The van der Waals surface area contributed by atoms with E-state index in [4.69, 9.17) is 4.74 Å². The standard InChI is InChI=1S/C15H21N5O2/c1-11(8-12-6-4-3-5-7-12)20-15(16-17-18-20)19(2)13-9-22-10-14(13)21/h3-7,11,13-14,21H,8-10H2,1-2H3/t11?,13-,14-/m1/s1. The van der Waals surface area contributed by atoms with Crippen LogP contribution in [-0.2, 0) is 11.2 Å². The summed E-state index contributed by atoms with van der Waals surface area (Å²) in [5, 5.41) is 22.0.